The van der Waals surface area contributed by atoms with Crippen molar-refractivity contribution in [1.82, 2.24) is 10.3 Å². The van der Waals surface area contributed by atoms with Crippen LogP contribution in [0.15, 0.2) is 34.9 Å². The second kappa shape index (κ2) is 6.51. The van der Waals surface area contributed by atoms with Gasteiger partial charge >= 0.3 is 5.97 Å². The first-order chi connectivity index (χ1) is 11.2. The van der Waals surface area contributed by atoms with Gasteiger partial charge in [-0.25, -0.2) is 9.78 Å². The van der Waals surface area contributed by atoms with Crippen LogP contribution >= 0.6 is 0 Å². The number of methoxy groups -OCH3 is 1. The van der Waals surface area contributed by atoms with E-state index in [1.165, 1.54) is 13.4 Å². The van der Waals surface area contributed by atoms with Crippen molar-refractivity contribution in [2.45, 2.75) is 25.5 Å². The lowest BCUT2D eigenvalue weighted by Gasteiger charge is -2.11. The van der Waals surface area contributed by atoms with Gasteiger partial charge in [0.2, 0.25) is 11.8 Å². The van der Waals surface area contributed by atoms with Gasteiger partial charge in [0.1, 0.15) is 12.0 Å². The molecule has 1 aromatic heterocycles. The SMILES string of the molecule is COC(=O)c1coc(COc2ccc(C3CCC(=O)N3)cc2)n1. The fourth-order valence-electron chi connectivity index (χ4n) is 2.38. The monoisotopic (exact) mass is 316 g/mol. The second-order valence-electron chi connectivity index (χ2n) is 5.13. The zero-order valence-electron chi connectivity index (χ0n) is 12.6. The fraction of sp³-hybridized carbons (Fsp3) is 0.312. The smallest absolute Gasteiger partial charge is 0.360 e. The van der Waals surface area contributed by atoms with Crippen LogP contribution in [0.1, 0.15) is 40.8 Å². The largest absolute Gasteiger partial charge is 0.484 e. The van der Waals surface area contributed by atoms with Crippen molar-refractivity contribution in [3.63, 3.8) is 0 Å². The van der Waals surface area contributed by atoms with E-state index >= 15 is 0 Å². The molecule has 7 heteroatoms. The normalized spacial score (nSPS) is 16.9. The van der Waals surface area contributed by atoms with Gasteiger partial charge in [0.15, 0.2) is 12.3 Å². The van der Waals surface area contributed by atoms with Gasteiger partial charge < -0.3 is 19.2 Å². The first-order valence-electron chi connectivity index (χ1n) is 7.20. The van der Waals surface area contributed by atoms with Crippen LogP contribution < -0.4 is 10.1 Å². The van der Waals surface area contributed by atoms with Crippen molar-refractivity contribution in [2.24, 2.45) is 0 Å². The zero-order chi connectivity index (χ0) is 16.2. The predicted octanol–water partition coefficient (Wildman–Crippen LogP) is 1.99. The third kappa shape index (κ3) is 3.50. The molecule has 7 nitrogen and oxygen atoms in total. The molecule has 1 atom stereocenters. The Morgan fingerprint density at radius 1 is 1.39 bits per heavy atom. The first-order valence-corrected chi connectivity index (χ1v) is 7.20. The number of nitrogens with zero attached hydrogens (tertiary/aromatic N) is 1. The quantitative estimate of drug-likeness (QED) is 0.848. The summed E-state index contributed by atoms with van der Waals surface area (Å²) in [5.41, 5.74) is 1.16. The van der Waals surface area contributed by atoms with Crippen molar-refractivity contribution in [3.05, 3.63) is 47.7 Å². The standard InChI is InChI=1S/C16H16N2O5/c1-21-16(20)13-8-23-15(18-13)9-22-11-4-2-10(3-5-11)12-6-7-14(19)17-12/h2-5,8,12H,6-7,9H2,1H3,(H,17,19). The molecule has 0 bridgehead atoms. The van der Waals surface area contributed by atoms with Crippen LogP contribution in [0.25, 0.3) is 0 Å². The number of esters is 1. The molecule has 1 fully saturated rings. The highest BCUT2D eigenvalue weighted by atomic mass is 16.5. The third-order valence-electron chi connectivity index (χ3n) is 3.59. The molecule has 1 aliphatic rings. The van der Waals surface area contributed by atoms with E-state index in [0.717, 1.165) is 12.0 Å². The van der Waals surface area contributed by atoms with Crippen LogP contribution in [0, 0.1) is 0 Å². The summed E-state index contributed by atoms with van der Waals surface area (Å²) in [4.78, 5) is 26.5. The van der Waals surface area contributed by atoms with Crippen LogP contribution in [0.4, 0.5) is 0 Å². The summed E-state index contributed by atoms with van der Waals surface area (Å²) < 4.78 is 15.3. The minimum absolute atomic E-state index is 0.0749. The van der Waals surface area contributed by atoms with Crippen LogP contribution in [0.2, 0.25) is 0 Å². The Labute approximate surface area is 132 Å². The molecule has 1 unspecified atom stereocenters. The van der Waals surface area contributed by atoms with Crippen molar-refractivity contribution in [1.29, 1.82) is 0 Å². The summed E-state index contributed by atoms with van der Waals surface area (Å²) in [6.07, 6.45) is 2.61. The van der Waals surface area contributed by atoms with E-state index in [1.807, 2.05) is 24.3 Å². The van der Waals surface area contributed by atoms with E-state index in [2.05, 4.69) is 15.0 Å². The van der Waals surface area contributed by atoms with E-state index in [1.54, 1.807) is 0 Å². The number of oxazole rings is 1. The van der Waals surface area contributed by atoms with E-state index in [9.17, 15) is 9.59 Å². The Kier molecular flexibility index (Phi) is 4.27. The van der Waals surface area contributed by atoms with Gasteiger partial charge in [-0.3, -0.25) is 4.79 Å². The molecule has 2 heterocycles. The number of benzene rings is 1. The van der Waals surface area contributed by atoms with Gasteiger partial charge in [-0.15, -0.1) is 0 Å². The topological polar surface area (TPSA) is 90.7 Å². The highest BCUT2D eigenvalue weighted by molar-refractivity contribution is 5.86. The van der Waals surface area contributed by atoms with Gasteiger partial charge in [0.05, 0.1) is 13.2 Å². The minimum Gasteiger partial charge on any atom is -0.484 e. The van der Waals surface area contributed by atoms with Crippen LogP contribution in [-0.2, 0) is 16.1 Å². The van der Waals surface area contributed by atoms with E-state index in [-0.39, 0.29) is 30.1 Å². The maximum Gasteiger partial charge on any atom is 0.360 e. The maximum absolute atomic E-state index is 11.3. The number of hydrogen-bond donors (Lipinski definition) is 1. The Morgan fingerprint density at radius 3 is 2.83 bits per heavy atom. The molecular weight excluding hydrogens is 300 g/mol. The molecule has 1 aromatic carbocycles. The van der Waals surface area contributed by atoms with Crippen molar-refractivity contribution in [2.75, 3.05) is 7.11 Å². The van der Waals surface area contributed by atoms with Crippen LogP contribution in [0.5, 0.6) is 5.75 Å². The summed E-state index contributed by atoms with van der Waals surface area (Å²) in [5, 5.41) is 2.92. The first kappa shape index (κ1) is 15.1. The van der Waals surface area contributed by atoms with E-state index in [4.69, 9.17) is 9.15 Å². The molecule has 1 amide bonds. The Morgan fingerprint density at radius 2 is 2.17 bits per heavy atom. The highest BCUT2D eigenvalue weighted by Crippen LogP contribution is 2.25. The molecule has 2 aromatic rings. The molecular formula is C16H16N2O5. The number of carbonyl (C=O) groups is 2. The maximum atomic E-state index is 11.3. The lowest BCUT2D eigenvalue weighted by molar-refractivity contribution is -0.119. The van der Waals surface area contributed by atoms with E-state index < -0.39 is 5.97 Å². The van der Waals surface area contributed by atoms with Crippen molar-refractivity contribution >= 4 is 11.9 Å². The highest BCUT2D eigenvalue weighted by Gasteiger charge is 2.22. The summed E-state index contributed by atoms with van der Waals surface area (Å²) in [5.74, 6) is 0.469. The average molecular weight is 316 g/mol. The number of aromatic nitrogens is 1. The summed E-state index contributed by atoms with van der Waals surface area (Å²) in [7, 11) is 1.28. The summed E-state index contributed by atoms with van der Waals surface area (Å²) in [6, 6.07) is 7.56. The molecule has 1 N–H and O–H groups in total. The second-order valence-corrected chi connectivity index (χ2v) is 5.13. The third-order valence-corrected chi connectivity index (χ3v) is 3.59. The number of carbonyl (C=O) groups excluding carboxylic acids is 2. The van der Waals surface area contributed by atoms with Gasteiger partial charge in [0, 0.05) is 6.42 Å². The predicted molar refractivity (Wildman–Crippen MR) is 78.7 cm³/mol. The molecule has 0 radical (unpaired) electrons. The molecule has 120 valence electrons. The summed E-state index contributed by atoms with van der Waals surface area (Å²) in [6.45, 7) is 0.108. The lowest BCUT2D eigenvalue weighted by Crippen LogP contribution is -2.18. The van der Waals surface area contributed by atoms with Gasteiger partial charge in [-0.2, -0.15) is 0 Å². The average Bonchev–Trinajstić information content (AvgIpc) is 3.22. The fourth-order valence-corrected chi connectivity index (χ4v) is 2.38. The molecule has 0 spiro atoms. The number of hydrogen-bond acceptors (Lipinski definition) is 6. The number of nitrogens with one attached hydrogen (secondary N) is 1. The van der Waals surface area contributed by atoms with Gasteiger partial charge in [-0.05, 0) is 24.1 Å². The molecule has 0 saturated carbocycles. The minimum atomic E-state index is -0.553. The Hall–Kier alpha value is -2.83. The lowest BCUT2D eigenvalue weighted by atomic mass is 10.1. The van der Waals surface area contributed by atoms with Crippen molar-refractivity contribution in [3.8, 4) is 5.75 Å². The number of rotatable bonds is 5. The molecule has 0 aliphatic carbocycles. The molecule has 3 rings (SSSR count). The van der Waals surface area contributed by atoms with Gasteiger partial charge in [0.25, 0.3) is 0 Å². The number of ether oxygens (including phenoxy) is 2. The van der Waals surface area contributed by atoms with Crippen LogP contribution in [0.3, 0.4) is 0 Å². The van der Waals surface area contributed by atoms with Crippen molar-refractivity contribution < 1.29 is 23.5 Å². The molecule has 1 aliphatic heterocycles. The Bertz CT molecular complexity index is 708. The van der Waals surface area contributed by atoms with Crippen LogP contribution in [-0.4, -0.2) is 24.0 Å². The molecule has 1 saturated heterocycles. The summed E-state index contributed by atoms with van der Waals surface area (Å²) >= 11 is 0. The van der Waals surface area contributed by atoms with Gasteiger partial charge in [-0.1, -0.05) is 12.1 Å². The Balaban J connectivity index is 1.57. The van der Waals surface area contributed by atoms with E-state index in [0.29, 0.717) is 12.2 Å². The molecule has 23 heavy (non-hydrogen) atoms. The number of amides is 1. The zero-order valence-corrected chi connectivity index (χ0v) is 12.6.